The van der Waals surface area contributed by atoms with Gasteiger partial charge >= 0.3 is 5.97 Å². The standard InChI is InChI=1S/C14H21N5O2/c1-6-18-11(7-10(4)16-18)8-19-13(9(2)3)12(15-17-19)14(20)21-5/h7,9H,6,8H2,1-5H3. The first-order chi connectivity index (χ1) is 9.97. The van der Waals surface area contributed by atoms with Gasteiger partial charge in [-0.15, -0.1) is 5.10 Å². The highest BCUT2D eigenvalue weighted by Gasteiger charge is 2.23. The third kappa shape index (κ3) is 2.96. The molecule has 21 heavy (non-hydrogen) atoms. The van der Waals surface area contributed by atoms with E-state index in [2.05, 4.69) is 15.4 Å². The Kier molecular flexibility index (Phi) is 4.40. The van der Waals surface area contributed by atoms with Gasteiger partial charge in [-0.05, 0) is 25.8 Å². The molecule has 0 aliphatic carbocycles. The summed E-state index contributed by atoms with van der Waals surface area (Å²) in [7, 11) is 1.35. The molecule has 0 aliphatic heterocycles. The number of aromatic nitrogens is 5. The second-order valence-electron chi connectivity index (χ2n) is 5.22. The third-order valence-electron chi connectivity index (χ3n) is 3.30. The summed E-state index contributed by atoms with van der Waals surface area (Å²) in [6, 6.07) is 2.02. The zero-order valence-electron chi connectivity index (χ0n) is 13.1. The van der Waals surface area contributed by atoms with Gasteiger partial charge in [-0.25, -0.2) is 9.48 Å². The van der Waals surface area contributed by atoms with Crippen LogP contribution in [0.1, 0.15) is 54.3 Å². The van der Waals surface area contributed by atoms with Gasteiger partial charge in [-0.1, -0.05) is 19.1 Å². The first-order valence-corrected chi connectivity index (χ1v) is 7.02. The van der Waals surface area contributed by atoms with Crippen LogP contribution in [0, 0.1) is 6.92 Å². The summed E-state index contributed by atoms with van der Waals surface area (Å²) in [5.41, 5.74) is 3.07. The second-order valence-corrected chi connectivity index (χ2v) is 5.22. The van der Waals surface area contributed by atoms with E-state index < -0.39 is 5.97 Å². The number of rotatable bonds is 5. The summed E-state index contributed by atoms with van der Waals surface area (Å²) < 4.78 is 8.45. The number of carbonyl (C=O) groups excluding carboxylic acids is 1. The number of esters is 1. The van der Waals surface area contributed by atoms with E-state index >= 15 is 0 Å². The molecule has 0 atom stereocenters. The Hall–Kier alpha value is -2.18. The van der Waals surface area contributed by atoms with E-state index in [0.29, 0.717) is 6.54 Å². The van der Waals surface area contributed by atoms with Crippen LogP contribution in [-0.2, 0) is 17.8 Å². The molecule has 2 aromatic heterocycles. The van der Waals surface area contributed by atoms with E-state index in [1.807, 2.05) is 38.4 Å². The van der Waals surface area contributed by atoms with Crippen LogP contribution in [0.25, 0.3) is 0 Å². The van der Waals surface area contributed by atoms with E-state index in [-0.39, 0.29) is 11.6 Å². The van der Waals surface area contributed by atoms with Crippen LogP contribution >= 0.6 is 0 Å². The van der Waals surface area contributed by atoms with Crippen molar-refractivity contribution in [2.75, 3.05) is 7.11 Å². The minimum Gasteiger partial charge on any atom is -0.464 e. The van der Waals surface area contributed by atoms with E-state index in [0.717, 1.165) is 23.6 Å². The Morgan fingerprint density at radius 2 is 2.10 bits per heavy atom. The Labute approximate surface area is 123 Å². The summed E-state index contributed by atoms with van der Waals surface area (Å²) in [6.07, 6.45) is 0. The van der Waals surface area contributed by atoms with E-state index in [1.54, 1.807) is 4.68 Å². The predicted molar refractivity (Wildman–Crippen MR) is 77.2 cm³/mol. The van der Waals surface area contributed by atoms with Crippen LogP contribution in [0.2, 0.25) is 0 Å². The van der Waals surface area contributed by atoms with Crippen molar-refractivity contribution in [3.63, 3.8) is 0 Å². The molecule has 7 heteroatoms. The van der Waals surface area contributed by atoms with Crippen molar-refractivity contribution in [3.05, 3.63) is 28.8 Å². The van der Waals surface area contributed by atoms with Gasteiger partial charge in [0, 0.05) is 6.54 Å². The van der Waals surface area contributed by atoms with Crippen LogP contribution in [0.15, 0.2) is 6.07 Å². The lowest BCUT2D eigenvalue weighted by Crippen LogP contribution is -2.14. The van der Waals surface area contributed by atoms with Crippen LogP contribution in [0.4, 0.5) is 0 Å². The van der Waals surface area contributed by atoms with Gasteiger partial charge in [0.15, 0.2) is 5.69 Å². The Balaban J connectivity index is 2.40. The van der Waals surface area contributed by atoms with Gasteiger partial charge < -0.3 is 4.74 Å². The molecule has 0 amide bonds. The molecule has 2 heterocycles. The maximum atomic E-state index is 11.8. The molecule has 0 spiro atoms. The van der Waals surface area contributed by atoms with Gasteiger partial charge in [-0.3, -0.25) is 4.68 Å². The molecule has 114 valence electrons. The molecule has 2 rings (SSSR count). The van der Waals surface area contributed by atoms with Crippen molar-refractivity contribution < 1.29 is 9.53 Å². The molecular weight excluding hydrogens is 270 g/mol. The fourth-order valence-electron chi connectivity index (χ4n) is 2.40. The molecule has 0 aliphatic rings. The number of hydrogen-bond donors (Lipinski definition) is 0. The van der Waals surface area contributed by atoms with E-state index in [1.165, 1.54) is 7.11 Å². The summed E-state index contributed by atoms with van der Waals surface area (Å²) in [6.45, 7) is 9.33. The van der Waals surface area contributed by atoms with Crippen molar-refractivity contribution in [3.8, 4) is 0 Å². The minimum absolute atomic E-state index is 0.119. The van der Waals surface area contributed by atoms with Crippen LogP contribution in [0.5, 0.6) is 0 Å². The van der Waals surface area contributed by atoms with Crippen molar-refractivity contribution >= 4 is 5.97 Å². The van der Waals surface area contributed by atoms with Crippen LogP contribution < -0.4 is 0 Å². The smallest absolute Gasteiger partial charge is 0.360 e. The van der Waals surface area contributed by atoms with Crippen LogP contribution in [-0.4, -0.2) is 37.9 Å². The Bertz CT molecular complexity index is 642. The lowest BCUT2D eigenvalue weighted by Gasteiger charge is -2.11. The van der Waals surface area contributed by atoms with Crippen LogP contribution in [0.3, 0.4) is 0 Å². The average molecular weight is 291 g/mol. The zero-order chi connectivity index (χ0) is 15.6. The van der Waals surface area contributed by atoms with Crippen molar-refractivity contribution in [1.29, 1.82) is 0 Å². The molecule has 0 radical (unpaired) electrons. The normalized spacial score (nSPS) is 11.1. The number of carbonyl (C=O) groups is 1. The lowest BCUT2D eigenvalue weighted by atomic mass is 10.1. The summed E-state index contributed by atoms with van der Waals surface area (Å²) in [4.78, 5) is 11.8. The summed E-state index contributed by atoms with van der Waals surface area (Å²) in [5.74, 6) is -0.335. The van der Waals surface area contributed by atoms with Gasteiger partial charge in [0.05, 0.1) is 30.7 Å². The quantitative estimate of drug-likeness (QED) is 0.785. The van der Waals surface area contributed by atoms with Crippen molar-refractivity contribution in [2.45, 2.75) is 46.7 Å². The van der Waals surface area contributed by atoms with Crippen molar-refractivity contribution in [1.82, 2.24) is 24.8 Å². The Morgan fingerprint density at radius 3 is 2.67 bits per heavy atom. The topological polar surface area (TPSA) is 74.8 Å². The molecule has 0 fully saturated rings. The van der Waals surface area contributed by atoms with E-state index in [4.69, 9.17) is 4.74 Å². The van der Waals surface area contributed by atoms with E-state index in [9.17, 15) is 4.79 Å². The number of ether oxygens (including phenoxy) is 1. The molecule has 0 unspecified atom stereocenters. The largest absolute Gasteiger partial charge is 0.464 e. The molecule has 0 saturated carbocycles. The van der Waals surface area contributed by atoms with Gasteiger partial charge in [-0.2, -0.15) is 5.10 Å². The summed E-state index contributed by atoms with van der Waals surface area (Å²) >= 11 is 0. The number of nitrogens with zero attached hydrogens (tertiary/aromatic N) is 5. The van der Waals surface area contributed by atoms with Crippen molar-refractivity contribution in [2.24, 2.45) is 0 Å². The molecule has 0 saturated heterocycles. The molecular formula is C14H21N5O2. The Morgan fingerprint density at radius 1 is 1.38 bits per heavy atom. The SMILES string of the molecule is CCn1nc(C)cc1Cn1nnc(C(=O)OC)c1C(C)C. The maximum absolute atomic E-state index is 11.8. The monoisotopic (exact) mass is 291 g/mol. The molecule has 7 nitrogen and oxygen atoms in total. The second kappa shape index (κ2) is 6.07. The first kappa shape index (κ1) is 15.2. The highest BCUT2D eigenvalue weighted by atomic mass is 16.5. The highest BCUT2D eigenvalue weighted by Crippen LogP contribution is 2.19. The van der Waals surface area contributed by atoms with Gasteiger partial charge in [0.25, 0.3) is 0 Å². The fraction of sp³-hybridized carbons (Fsp3) is 0.571. The molecule has 2 aromatic rings. The number of aryl methyl sites for hydroxylation is 2. The lowest BCUT2D eigenvalue weighted by molar-refractivity contribution is 0.0592. The summed E-state index contributed by atoms with van der Waals surface area (Å²) in [5, 5.41) is 12.5. The first-order valence-electron chi connectivity index (χ1n) is 7.02. The maximum Gasteiger partial charge on any atom is 0.360 e. The van der Waals surface area contributed by atoms with Gasteiger partial charge in [0.2, 0.25) is 0 Å². The minimum atomic E-state index is -0.454. The zero-order valence-corrected chi connectivity index (χ0v) is 13.1. The number of hydrogen-bond acceptors (Lipinski definition) is 5. The predicted octanol–water partition coefficient (Wildman–Crippen LogP) is 1.76. The average Bonchev–Trinajstić information content (AvgIpc) is 3.01. The molecule has 0 aromatic carbocycles. The highest BCUT2D eigenvalue weighted by molar-refractivity contribution is 5.88. The third-order valence-corrected chi connectivity index (χ3v) is 3.30. The number of methoxy groups -OCH3 is 1. The van der Waals surface area contributed by atoms with Gasteiger partial charge in [0.1, 0.15) is 0 Å². The molecule has 0 bridgehead atoms. The molecule has 0 N–H and O–H groups in total. The fourth-order valence-corrected chi connectivity index (χ4v) is 2.40.